The first-order valence-corrected chi connectivity index (χ1v) is 7.57. The van der Waals surface area contributed by atoms with Gasteiger partial charge in [0.15, 0.2) is 0 Å². The molecule has 0 aromatic heterocycles. The van der Waals surface area contributed by atoms with Gasteiger partial charge < -0.3 is 0 Å². The summed E-state index contributed by atoms with van der Waals surface area (Å²) in [6.45, 7) is 12.3. The van der Waals surface area contributed by atoms with E-state index in [1.54, 1.807) is 0 Å². The van der Waals surface area contributed by atoms with Gasteiger partial charge in [0, 0.05) is 0 Å². The molecule has 2 aliphatic carbocycles. The summed E-state index contributed by atoms with van der Waals surface area (Å²) < 4.78 is 0. The highest BCUT2D eigenvalue weighted by Crippen LogP contribution is 2.77. The van der Waals surface area contributed by atoms with Gasteiger partial charge in [0.05, 0.1) is 0 Å². The summed E-state index contributed by atoms with van der Waals surface area (Å²) in [6.07, 6.45) is 7.14. The van der Waals surface area contributed by atoms with E-state index in [4.69, 9.17) is 0 Å². The van der Waals surface area contributed by atoms with Crippen LogP contribution in [0.5, 0.6) is 0 Å². The minimum absolute atomic E-state index is 0.704. The first kappa shape index (κ1) is 12.5. The lowest BCUT2D eigenvalue weighted by Crippen LogP contribution is -2.44. The molecule has 0 spiro atoms. The molecule has 0 bridgehead atoms. The van der Waals surface area contributed by atoms with Gasteiger partial charge in [-0.3, -0.25) is 0 Å². The summed E-state index contributed by atoms with van der Waals surface area (Å²) in [5.41, 5.74) is 0.704. The highest BCUT2D eigenvalue weighted by atomic mass is 14.8. The largest absolute Gasteiger partial charge is 0.0654 e. The summed E-state index contributed by atoms with van der Waals surface area (Å²) in [5.74, 6) is 5.28. The predicted molar refractivity (Wildman–Crippen MR) is 71.3 cm³/mol. The Hall–Kier alpha value is 0. The van der Waals surface area contributed by atoms with E-state index in [9.17, 15) is 0 Å². The third-order valence-corrected chi connectivity index (χ3v) is 6.02. The maximum absolute atomic E-state index is 2.57. The van der Waals surface area contributed by atoms with Crippen LogP contribution in [0, 0.1) is 35.0 Å². The zero-order valence-electron chi connectivity index (χ0n) is 11.9. The molecule has 6 atom stereocenters. The second-order valence-electron chi connectivity index (χ2n) is 6.82. The monoisotopic (exact) mass is 222 g/mol. The molecule has 0 N–H and O–H groups in total. The third-order valence-electron chi connectivity index (χ3n) is 6.02. The molecular formula is C16H30. The molecule has 0 aromatic rings. The fourth-order valence-electron chi connectivity index (χ4n) is 5.02. The zero-order chi connectivity index (χ0) is 11.9. The molecule has 0 radical (unpaired) electrons. The molecule has 2 rings (SSSR count). The molecule has 2 fully saturated rings. The number of rotatable bonds is 6. The summed E-state index contributed by atoms with van der Waals surface area (Å²) in [4.78, 5) is 0. The molecule has 0 heteroatoms. The Morgan fingerprint density at radius 3 is 2.44 bits per heavy atom. The number of hydrogen-bond acceptors (Lipinski definition) is 0. The fraction of sp³-hybridized carbons (Fsp3) is 1.00. The third kappa shape index (κ3) is 1.64. The van der Waals surface area contributed by atoms with Crippen LogP contribution in [0.25, 0.3) is 0 Å². The van der Waals surface area contributed by atoms with Gasteiger partial charge >= 0.3 is 0 Å². The van der Waals surface area contributed by atoms with Crippen molar-refractivity contribution in [2.45, 2.75) is 66.7 Å². The van der Waals surface area contributed by atoms with Crippen molar-refractivity contribution in [1.82, 2.24) is 0 Å². The molecule has 0 saturated heterocycles. The molecule has 16 heavy (non-hydrogen) atoms. The van der Waals surface area contributed by atoms with Crippen LogP contribution in [-0.4, -0.2) is 0 Å². The van der Waals surface area contributed by atoms with Crippen molar-refractivity contribution < 1.29 is 0 Å². The average Bonchev–Trinajstić information content (AvgIpc) is 2.84. The minimum Gasteiger partial charge on any atom is -0.0654 e. The van der Waals surface area contributed by atoms with Gasteiger partial charge in [-0.15, -0.1) is 0 Å². The SMILES string of the molecule is CCCCCC(C)C1C2C(C)C2C1(C)CC. The second-order valence-corrected chi connectivity index (χ2v) is 6.82. The topological polar surface area (TPSA) is 0 Å². The van der Waals surface area contributed by atoms with Crippen LogP contribution in [0.1, 0.15) is 66.7 Å². The molecule has 0 amide bonds. The Morgan fingerprint density at radius 2 is 1.88 bits per heavy atom. The van der Waals surface area contributed by atoms with Crippen LogP contribution in [0.4, 0.5) is 0 Å². The summed E-state index contributed by atoms with van der Waals surface area (Å²) in [7, 11) is 0. The van der Waals surface area contributed by atoms with E-state index in [-0.39, 0.29) is 0 Å². The van der Waals surface area contributed by atoms with Gasteiger partial charge in [-0.05, 0) is 35.0 Å². The van der Waals surface area contributed by atoms with Crippen molar-refractivity contribution in [2.75, 3.05) is 0 Å². The van der Waals surface area contributed by atoms with Crippen LogP contribution >= 0.6 is 0 Å². The molecule has 0 heterocycles. The quantitative estimate of drug-likeness (QED) is 0.546. The summed E-state index contributed by atoms with van der Waals surface area (Å²) in [6, 6.07) is 0. The lowest BCUT2D eigenvalue weighted by Gasteiger charge is -2.49. The predicted octanol–water partition coefficient (Wildman–Crippen LogP) is 5.13. The van der Waals surface area contributed by atoms with Gasteiger partial charge in [-0.1, -0.05) is 66.7 Å². The van der Waals surface area contributed by atoms with E-state index in [2.05, 4.69) is 34.6 Å². The number of fused-ring (bicyclic) bond motifs is 1. The van der Waals surface area contributed by atoms with Crippen molar-refractivity contribution in [3.05, 3.63) is 0 Å². The molecule has 0 aliphatic heterocycles. The first-order valence-electron chi connectivity index (χ1n) is 7.57. The van der Waals surface area contributed by atoms with Gasteiger partial charge in [0.25, 0.3) is 0 Å². The van der Waals surface area contributed by atoms with E-state index in [1.807, 2.05) is 0 Å². The smallest absolute Gasteiger partial charge is 0.0261 e. The van der Waals surface area contributed by atoms with Crippen LogP contribution in [0.2, 0.25) is 0 Å². The van der Waals surface area contributed by atoms with Gasteiger partial charge in [0.2, 0.25) is 0 Å². The van der Waals surface area contributed by atoms with Crippen molar-refractivity contribution in [2.24, 2.45) is 35.0 Å². The lowest BCUT2D eigenvalue weighted by atomic mass is 9.55. The second kappa shape index (κ2) is 4.35. The molecule has 0 aromatic carbocycles. The fourth-order valence-corrected chi connectivity index (χ4v) is 5.02. The Bertz CT molecular complexity index is 244. The Kier molecular flexibility index (Phi) is 3.39. The average molecular weight is 222 g/mol. The van der Waals surface area contributed by atoms with E-state index in [0.717, 1.165) is 29.6 Å². The van der Waals surface area contributed by atoms with Gasteiger partial charge in [-0.2, -0.15) is 0 Å². The van der Waals surface area contributed by atoms with E-state index in [1.165, 1.54) is 32.1 Å². The zero-order valence-corrected chi connectivity index (χ0v) is 11.9. The summed E-state index contributed by atoms with van der Waals surface area (Å²) in [5, 5.41) is 0. The van der Waals surface area contributed by atoms with Crippen molar-refractivity contribution >= 4 is 0 Å². The standard InChI is InChI=1S/C16H30/c1-6-8-9-10-11(3)14-13-12(4)15(13)16(14,5)7-2/h11-15H,6-10H2,1-5H3. The summed E-state index contributed by atoms with van der Waals surface area (Å²) >= 11 is 0. The normalized spacial score (nSPS) is 47.1. The maximum atomic E-state index is 2.57. The van der Waals surface area contributed by atoms with Gasteiger partial charge in [-0.25, -0.2) is 0 Å². The number of hydrogen-bond donors (Lipinski definition) is 0. The van der Waals surface area contributed by atoms with Crippen LogP contribution in [-0.2, 0) is 0 Å². The molecular weight excluding hydrogens is 192 g/mol. The minimum atomic E-state index is 0.704. The number of unbranched alkanes of at least 4 members (excludes halogenated alkanes) is 2. The van der Waals surface area contributed by atoms with Crippen LogP contribution < -0.4 is 0 Å². The van der Waals surface area contributed by atoms with E-state index < -0.39 is 0 Å². The molecule has 2 saturated carbocycles. The maximum Gasteiger partial charge on any atom is -0.0261 e. The Morgan fingerprint density at radius 1 is 1.19 bits per heavy atom. The Balaban J connectivity index is 1.89. The van der Waals surface area contributed by atoms with Crippen LogP contribution in [0.3, 0.4) is 0 Å². The highest BCUT2D eigenvalue weighted by molar-refractivity contribution is 5.20. The lowest BCUT2D eigenvalue weighted by molar-refractivity contribution is -0.0153. The molecule has 2 aliphatic rings. The first-order chi connectivity index (χ1) is 7.57. The molecule has 6 unspecified atom stereocenters. The van der Waals surface area contributed by atoms with E-state index in [0.29, 0.717) is 5.41 Å². The molecule has 94 valence electrons. The van der Waals surface area contributed by atoms with Crippen molar-refractivity contribution in [3.8, 4) is 0 Å². The van der Waals surface area contributed by atoms with Crippen LogP contribution in [0.15, 0.2) is 0 Å². The highest BCUT2D eigenvalue weighted by Gasteiger charge is 2.72. The Labute approximate surface area is 102 Å². The van der Waals surface area contributed by atoms with E-state index >= 15 is 0 Å². The van der Waals surface area contributed by atoms with Crippen molar-refractivity contribution in [1.29, 1.82) is 0 Å². The molecule has 0 nitrogen and oxygen atoms in total. The van der Waals surface area contributed by atoms with Crippen molar-refractivity contribution in [3.63, 3.8) is 0 Å². The van der Waals surface area contributed by atoms with Gasteiger partial charge in [0.1, 0.15) is 0 Å².